The van der Waals surface area contributed by atoms with Crippen molar-refractivity contribution in [2.75, 3.05) is 19.6 Å². The van der Waals surface area contributed by atoms with Crippen molar-refractivity contribution >= 4 is 11.7 Å². The van der Waals surface area contributed by atoms with Gasteiger partial charge in [0.05, 0.1) is 6.54 Å². The SMILES string of the molecule is NC(=O)C(=O)CN1CCCC1. The second kappa shape index (κ2) is 3.48. The van der Waals surface area contributed by atoms with Gasteiger partial charge in [-0.15, -0.1) is 0 Å². The van der Waals surface area contributed by atoms with Gasteiger partial charge in [-0.25, -0.2) is 0 Å². The monoisotopic (exact) mass is 156 g/mol. The first kappa shape index (κ1) is 8.20. The minimum absolute atomic E-state index is 0.204. The molecular weight excluding hydrogens is 144 g/mol. The minimum atomic E-state index is -0.822. The molecule has 2 N–H and O–H groups in total. The van der Waals surface area contributed by atoms with Crippen LogP contribution in [-0.4, -0.2) is 36.2 Å². The Bertz CT molecular complexity index is 173. The summed E-state index contributed by atoms with van der Waals surface area (Å²) in [5, 5.41) is 0. The number of primary amides is 1. The van der Waals surface area contributed by atoms with Gasteiger partial charge in [-0.2, -0.15) is 0 Å². The summed E-state index contributed by atoms with van der Waals surface area (Å²) in [7, 11) is 0. The Morgan fingerprint density at radius 2 is 1.82 bits per heavy atom. The van der Waals surface area contributed by atoms with Crippen LogP contribution in [-0.2, 0) is 9.59 Å². The number of Topliss-reactive ketones (excluding diaryl/α,β-unsaturated/α-hetero) is 1. The molecule has 0 unspecified atom stereocenters. The number of nitrogens with zero attached hydrogens (tertiary/aromatic N) is 1. The quantitative estimate of drug-likeness (QED) is 0.540. The van der Waals surface area contributed by atoms with Gasteiger partial charge in [0.15, 0.2) is 0 Å². The lowest BCUT2D eigenvalue weighted by Crippen LogP contribution is -2.34. The molecule has 0 bridgehead atoms. The van der Waals surface area contributed by atoms with Gasteiger partial charge in [0.1, 0.15) is 0 Å². The van der Waals surface area contributed by atoms with Gasteiger partial charge >= 0.3 is 0 Å². The van der Waals surface area contributed by atoms with Gasteiger partial charge in [-0.3, -0.25) is 14.5 Å². The summed E-state index contributed by atoms with van der Waals surface area (Å²) in [5.41, 5.74) is 4.80. The van der Waals surface area contributed by atoms with Crippen LogP contribution in [0, 0.1) is 0 Å². The molecule has 0 aromatic carbocycles. The Morgan fingerprint density at radius 1 is 1.27 bits per heavy atom. The molecule has 1 amide bonds. The third-order valence-corrected chi connectivity index (χ3v) is 1.84. The summed E-state index contributed by atoms with van der Waals surface area (Å²) >= 11 is 0. The zero-order valence-corrected chi connectivity index (χ0v) is 6.38. The topological polar surface area (TPSA) is 63.4 Å². The molecule has 1 rings (SSSR count). The van der Waals surface area contributed by atoms with E-state index in [2.05, 4.69) is 0 Å². The molecule has 62 valence electrons. The molecule has 0 atom stereocenters. The van der Waals surface area contributed by atoms with Crippen molar-refractivity contribution in [3.05, 3.63) is 0 Å². The van der Waals surface area contributed by atoms with Crippen LogP contribution in [0.3, 0.4) is 0 Å². The molecule has 0 saturated carbocycles. The van der Waals surface area contributed by atoms with Crippen LogP contribution in [0.4, 0.5) is 0 Å². The Labute approximate surface area is 65.3 Å². The molecule has 11 heavy (non-hydrogen) atoms. The number of rotatable bonds is 3. The summed E-state index contributed by atoms with van der Waals surface area (Å²) in [4.78, 5) is 23.1. The van der Waals surface area contributed by atoms with E-state index >= 15 is 0 Å². The van der Waals surface area contributed by atoms with Crippen LogP contribution in [0.5, 0.6) is 0 Å². The van der Waals surface area contributed by atoms with Gasteiger partial charge in [-0.1, -0.05) is 0 Å². The van der Waals surface area contributed by atoms with E-state index in [1.165, 1.54) is 0 Å². The Balaban J connectivity index is 2.29. The fourth-order valence-electron chi connectivity index (χ4n) is 1.22. The lowest BCUT2D eigenvalue weighted by atomic mass is 10.3. The summed E-state index contributed by atoms with van der Waals surface area (Å²) in [6, 6.07) is 0. The second-order valence-corrected chi connectivity index (χ2v) is 2.77. The highest BCUT2D eigenvalue weighted by Gasteiger charge is 2.17. The summed E-state index contributed by atoms with van der Waals surface area (Å²) in [5.74, 6) is -1.30. The zero-order chi connectivity index (χ0) is 8.27. The Kier molecular flexibility index (Phi) is 2.59. The lowest BCUT2D eigenvalue weighted by molar-refractivity contribution is -0.136. The van der Waals surface area contributed by atoms with Crippen molar-refractivity contribution in [3.63, 3.8) is 0 Å². The fourth-order valence-corrected chi connectivity index (χ4v) is 1.22. The smallest absolute Gasteiger partial charge is 0.286 e. The van der Waals surface area contributed by atoms with Crippen molar-refractivity contribution in [3.8, 4) is 0 Å². The third kappa shape index (κ3) is 2.31. The molecular formula is C7H12N2O2. The van der Waals surface area contributed by atoms with Gasteiger partial charge in [0, 0.05) is 0 Å². The van der Waals surface area contributed by atoms with Gasteiger partial charge in [-0.05, 0) is 25.9 Å². The van der Waals surface area contributed by atoms with Crippen LogP contribution >= 0.6 is 0 Å². The van der Waals surface area contributed by atoms with Crippen LogP contribution in [0.2, 0.25) is 0 Å². The van der Waals surface area contributed by atoms with E-state index in [0.29, 0.717) is 0 Å². The van der Waals surface area contributed by atoms with Crippen molar-refractivity contribution in [2.45, 2.75) is 12.8 Å². The number of amides is 1. The highest BCUT2D eigenvalue weighted by molar-refractivity contribution is 6.36. The summed E-state index contributed by atoms with van der Waals surface area (Å²) in [6.07, 6.45) is 2.23. The lowest BCUT2D eigenvalue weighted by Gasteiger charge is -2.10. The number of carbonyl (C=O) groups is 2. The van der Waals surface area contributed by atoms with Crippen LogP contribution < -0.4 is 5.73 Å². The molecule has 0 aromatic heterocycles. The zero-order valence-electron chi connectivity index (χ0n) is 6.38. The van der Waals surface area contributed by atoms with E-state index in [4.69, 9.17) is 5.73 Å². The predicted molar refractivity (Wildman–Crippen MR) is 39.9 cm³/mol. The standard InChI is InChI=1S/C7H12N2O2/c8-7(11)6(10)5-9-3-1-2-4-9/h1-5H2,(H2,8,11). The van der Waals surface area contributed by atoms with Gasteiger partial charge in [0.25, 0.3) is 5.91 Å². The van der Waals surface area contributed by atoms with Crippen molar-refractivity contribution < 1.29 is 9.59 Å². The molecule has 0 aromatic rings. The molecule has 1 heterocycles. The first-order valence-corrected chi connectivity index (χ1v) is 3.75. The van der Waals surface area contributed by atoms with E-state index in [1.807, 2.05) is 4.90 Å². The normalized spacial score (nSPS) is 18.5. The minimum Gasteiger partial charge on any atom is -0.363 e. The molecule has 1 fully saturated rings. The molecule has 0 aliphatic carbocycles. The third-order valence-electron chi connectivity index (χ3n) is 1.84. The van der Waals surface area contributed by atoms with Crippen molar-refractivity contribution in [2.24, 2.45) is 5.73 Å². The number of carbonyl (C=O) groups excluding carboxylic acids is 2. The Morgan fingerprint density at radius 3 is 2.27 bits per heavy atom. The fraction of sp³-hybridized carbons (Fsp3) is 0.714. The van der Waals surface area contributed by atoms with Gasteiger partial charge in [0.2, 0.25) is 5.78 Å². The second-order valence-electron chi connectivity index (χ2n) is 2.77. The van der Waals surface area contributed by atoms with E-state index in [0.717, 1.165) is 25.9 Å². The van der Waals surface area contributed by atoms with Crippen LogP contribution in [0.25, 0.3) is 0 Å². The molecule has 0 radical (unpaired) electrons. The Hall–Kier alpha value is -0.900. The number of likely N-dealkylation sites (tertiary alicyclic amines) is 1. The maximum Gasteiger partial charge on any atom is 0.286 e. The average molecular weight is 156 g/mol. The molecule has 4 nitrogen and oxygen atoms in total. The predicted octanol–water partition coefficient (Wildman–Crippen LogP) is -0.863. The van der Waals surface area contributed by atoms with Crippen LogP contribution in [0.1, 0.15) is 12.8 Å². The van der Waals surface area contributed by atoms with Crippen molar-refractivity contribution in [1.29, 1.82) is 0 Å². The van der Waals surface area contributed by atoms with Gasteiger partial charge < -0.3 is 5.73 Å². The highest BCUT2D eigenvalue weighted by Crippen LogP contribution is 2.05. The van der Waals surface area contributed by atoms with Crippen molar-refractivity contribution in [1.82, 2.24) is 4.90 Å². The number of nitrogens with two attached hydrogens (primary N) is 1. The van der Waals surface area contributed by atoms with E-state index < -0.39 is 11.7 Å². The van der Waals surface area contributed by atoms with E-state index in [-0.39, 0.29) is 6.54 Å². The molecule has 4 heteroatoms. The maximum atomic E-state index is 10.8. The first-order chi connectivity index (χ1) is 5.20. The maximum absolute atomic E-state index is 10.8. The molecule has 1 saturated heterocycles. The molecule has 1 aliphatic rings. The summed E-state index contributed by atoms with van der Waals surface area (Å²) in [6.45, 7) is 2.04. The van der Waals surface area contributed by atoms with E-state index in [1.54, 1.807) is 0 Å². The molecule has 0 spiro atoms. The summed E-state index contributed by atoms with van der Waals surface area (Å²) < 4.78 is 0. The largest absolute Gasteiger partial charge is 0.363 e. The molecule has 1 aliphatic heterocycles. The highest BCUT2D eigenvalue weighted by atomic mass is 16.2. The average Bonchev–Trinajstić information content (AvgIpc) is 2.39. The van der Waals surface area contributed by atoms with Crippen LogP contribution in [0.15, 0.2) is 0 Å². The number of hydrogen-bond acceptors (Lipinski definition) is 3. The number of hydrogen-bond donors (Lipinski definition) is 1. The first-order valence-electron chi connectivity index (χ1n) is 3.75. The van der Waals surface area contributed by atoms with E-state index in [9.17, 15) is 9.59 Å². The number of ketones is 1.